The van der Waals surface area contributed by atoms with Crippen molar-refractivity contribution in [2.24, 2.45) is 5.73 Å². The van der Waals surface area contributed by atoms with Crippen molar-refractivity contribution in [3.63, 3.8) is 0 Å². The second kappa shape index (κ2) is 4.04. The lowest BCUT2D eigenvalue weighted by Crippen LogP contribution is -2.27. The molecule has 1 heterocycles. The molecule has 0 bridgehead atoms. The molecule has 1 aromatic rings. The van der Waals surface area contributed by atoms with Gasteiger partial charge < -0.3 is 15.8 Å². The predicted molar refractivity (Wildman–Crippen MR) is 45.8 cm³/mol. The molecule has 0 aromatic carbocycles. The highest BCUT2D eigenvalue weighted by Gasteiger charge is 2.01. The first-order chi connectivity index (χ1) is 5.72. The van der Waals surface area contributed by atoms with Crippen molar-refractivity contribution in [1.82, 2.24) is 4.98 Å². The van der Waals surface area contributed by atoms with E-state index in [1.54, 1.807) is 12.3 Å². The van der Waals surface area contributed by atoms with E-state index in [0.29, 0.717) is 6.42 Å². The van der Waals surface area contributed by atoms with Crippen LogP contribution in [0.1, 0.15) is 5.56 Å². The minimum atomic E-state index is -0.285. The average molecular weight is 168 g/mol. The largest absolute Gasteiger partial charge is 0.395 e. The third-order valence-electron chi connectivity index (χ3n) is 1.57. The molecule has 1 rings (SSSR count). The molecule has 0 saturated heterocycles. The smallest absolute Gasteiger partial charge is 0.248 e. The number of aromatic amines is 1. The summed E-state index contributed by atoms with van der Waals surface area (Å²) in [4.78, 5) is 13.3. The minimum Gasteiger partial charge on any atom is -0.395 e. The molecule has 0 aliphatic rings. The van der Waals surface area contributed by atoms with Gasteiger partial charge in [-0.05, 0) is 18.1 Å². The maximum absolute atomic E-state index is 10.8. The van der Waals surface area contributed by atoms with E-state index in [1.165, 1.54) is 6.07 Å². The van der Waals surface area contributed by atoms with Crippen LogP contribution in [0.25, 0.3) is 0 Å². The predicted octanol–water partition coefficient (Wildman–Crippen LogP) is -0.763. The minimum absolute atomic E-state index is 0.0627. The highest BCUT2D eigenvalue weighted by atomic mass is 16.3. The standard InChI is InChI=1S/C8H12N2O2/c9-7(5-11)3-6-1-2-10-8(12)4-6/h1-2,4,7,11H,3,5,9H2,(H,10,12)/t7-/m1/s1. The van der Waals surface area contributed by atoms with E-state index in [2.05, 4.69) is 4.98 Å². The maximum Gasteiger partial charge on any atom is 0.248 e. The van der Waals surface area contributed by atoms with Gasteiger partial charge in [0.2, 0.25) is 5.56 Å². The molecule has 0 radical (unpaired) electrons. The lowest BCUT2D eigenvalue weighted by Gasteiger charge is -2.06. The van der Waals surface area contributed by atoms with Crippen LogP contribution in [0.4, 0.5) is 0 Å². The Morgan fingerprint density at radius 2 is 2.42 bits per heavy atom. The van der Waals surface area contributed by atoms with E-state index in [4.69, 9.17) is 10.8 Å². The summed E-state index contributed by atoms with van der Waals surface area (Å²) in [6.07, 6.45) is 2.10. The van der Waals surface area contributed by atoms with Crippen LogP contribution in [0.5, 0.6) is 0 Å². The van der Waals surface area contributed by atoms with Gasteiger partial charge in [0.05, 0.1) is 6.61 Å². The fourth-order valence-corrected chi connectivity index (χ4v) is 0.983. The number of aromatic nitrogens is 1. The number of H-pyrrole nitrogens is 1. The fourth-order valence-electron chi connectivity index (χ4n) is 0.983. The van der Waals surface area contributed by atoms with Gasteiger partial charge in [0.25, 0.3) is 0 Å². The topological polar surface area (TPSA) is 79.1 Å². The van der Waals surface area contributed by atoms with Crippen molar-refractivity contribution in [2.45, 2.75) is 12.5 Å². The van der Waals surface area contributed by atoms with Crippen LogP contribution in [0.2, 0.25) is 0 Å². The molecule has 0 saturated carbocycles. The van der Waals surface area contributed by atoms with Crippen molar-refractivity contribution in [1.29, 1.82) is 0 Å². The number of aliphatic hydroxyl groups is 1. The Labute approximate surface area is 70.0 Å². The summed E-state index contributed by atoms with van der Waals surface area (Å²) in [5.41, 5.74) is 6.20. The first kappa shape index (κ1) is 8.96. The van der Waals surface area contributed by atoms with Gasteiger partial charge in [0.1, 0.15) is 0 Å². The van der Waals surface area contributed by atoms with Crippen LogP contribution in [0.3, 0.4) is 0 Å². The van der Waals surface area contributed by atoms with Gasteiger partial charge >= 0.3 is 0 Å². The molecular formula is C8H12N2O2. The highest BCUT2D eigenvalue weighted by Crippen LogP contribution is 1.96. The Hall–Kier alpha value is -1.13. The van der Waals surface area contributed by atoms with Gasteiger partial charge in [-0.1, -0.05) is 0 Å². The molecular weight excluding hydrogens is 156 g/mol. The van der Waals surface area contributed by atoms with Gasteiger partial charge in [-0.3, -0.25) is 4.79 Å². The lowest BCUT2D eigenvalue weighted by molar-refractivity contribution is 0.265. The average Bonchev–Trinajstić information content (AvgIpc) is 2.04. The lowest BCUT2D eigenvalue weighted by atomic mass is 10.1. The molecule has 0 fully saturated rings. The van der Waals surface area contributed by atoms with Gasteiger partial charge in [-0.2, -0.15) is 0 Å². The summed E-state index contributed by atoms with van der Waals surface area (Å²) < 4.78 is 0. The normalized spacial score (nSPS) is 12.8. The molecule has 4 nitrogen and oxygen atoms in total. The highest BCUT2D eigenvalue weighted by molar-refractivity contribution is 5.11. The zero-order chi connectivity index (χ0) is 8.97. The molecule has 0 aliphatic heterocycles. The Kier molecular flexibility index (Phi) is 3.01. The summed E-state index contributed by atoms with van der Waals surface area (Å²) in [5.74, 6) is 0. The third kappa shape index (κ3) is 2.48. The molecule has 66 valence electrons. The summed E-state index contributed by atoms with van der Waals surface area (Å²) in [5, 5.41) is 8.65. The van der Waals surface area contributed by atoms with Crippen molar-refractivity contribution in [2.75, 3.05) is 6.61 Å². The molecule has 4 heteroatoms. The number of rotatable bonds is 3. The Balaban J connectivity index is 2.69. The molecule has 0 aliphatic carbocycles. The number of hydrogen-bond donors (Lipinski definition) is 3. The zero-order valence-electron chi connectivity index (χ0n) is 6.66. The number of hydrogen-bond acceptors (Lipinski definition) is 3. The van der Waals surface area contributed by atoms with Gasteiger partial charge in [-0.15, -0.1) is 0 Å². The second-order valence-corrected chi connectivity index (χ2v) is 2.71. The Morgan fingerprint density at radius 3 is 3.00 bits per heavy atom. The Morgan fingerprint density at radius 1 is 1.67 bits per heavy atom. The first-order valence-electron chi connectivity index (χ1n) is 3.76. The Bertz CT molecular complexity index is 295. The van der Waals surface area contributed by atoms with Gasteiger partial charge in [-0.25, -0.2) is 0 Å². The summed E-state index contributed by atoms with van der Waals surface area (Å²) >= 11 is 0. The number of aliphatic hydroxyl groups excluding tert-OH is 1. The molecule has 0 amide bonds. The molecule has 1 aromatic heterocycles. The SMILES string of the molecule is N[C@@H](CO)Cc1cc[nH]c(=O)c1. The van der Waals surface area contributed by atoms with Crippen LogP contribution in [0.15, 0.2) is 23.1 Å². The quantitative estimate of drug-likeness (QED) is 0.555. The number of pyridine rings is 1. The van der Waals surface area contributed by atoms with E-state index >= 15 is 0 Å². The number of nitrogens with one attached hydrogen (secondary N) is 1. The molecule has 0 unspecified atom stereocenters. The number of nitrogens with two attached hydrogens (primary N) is 1. The van der Waals surface area contributed by atoms with Crippen molar-refractivity contribution in [3.8, 4) is 0 Å². The first-order valence-corrected chi connectivity index (χ1v) is 3.76. The molecule has 0 spiro atoms. The second-order valence-electron chi connectivity index (χ2n) is 2.71. The molecule has 12 heavy (non-hydrogen) atoms. The van der Waals surface area contributed by atoms with Crippen LogP contribution in [-0.2, 0) is 6.42 Å². The van der Waals surface area contributed by atoms with Crippen LogP contribution in [0, 0.1) is 0 Å². The third-order valence-corrected chi connectivity index (χ3v) is 1.57. The maximum atomic E-state index is 10.8. The summed E-state index contributed by atoms with van der Waals surface area (Å²) in [6.45, 7) is -0.0627. The van der Waals surface area contributed by atoms with Crippen molar-refractivity contribution < 1.29 is 5.11 Å². The van der Waals surface area contributed by atoms with E-state index in [0.717, 1.165) is 5.56 Å². The van der Waals surface area contributed by atoms with E-state index in [9.17, 15) is 4.79 Å². The van der Waals surface area contributed by atoms with Gasteiger partial charge in [0.15, 0.2) is 0 Å². The van der Waals surface area contributed by atoms with E-state index in [1.807, 2.05) is 0 Å². The van der Waals surface area contributed by atoms with Crippen molar-refractivity contribution >= 4 is 0 Å². The zero-order valence-corrected chi connectivity index (χ0v) is 6.66. The van der Waals surface area contributed by atoms with Crippen LogP contribution < -0.4 is 11.3 Å². The van der Waals surface area contributed by atoms with Crippen LogP contribution in [-0.4, -0.2) is 22.7 Å². The van der Waals surface area contributed by atoms with Gasteiger partial charge in [0, 0.05) is 18.3 Å². The van der Waals surface area contributed by atoms with E-state index in [-0.39, 0.29) is 18.2 Å². The van der Waals surface area contributed by atoms with Crippen LogP contribution >= 0.6 is 0 Å². The monoisotopic (exact) mass is 168 g/mol. The summed E-state index contributed by atoms with van der Waals surface area (Å²) in [7, 11) is 0. The van der Waals surface area contributed by atoms with E-state index < -0.39 is 0 Å². The summed E-state index contributed by atoms with van der Waals surface area (Å²) in [6, 6.07) is 2.97. The van der Waals surface area contributed by atoms with Crippen molar-refractivity contribution in [3.05, 3.63) is 34.2 Å². The molecule has 1 atom stereocenters. The molecule has 4 N–H and O–H groups in total. The fraction of sp³-hybridized carbons (Fsp3) is 0.375.